The molecule has 0 saturated carbocycles. The predicted octanol–water partition coefficient (Wildman–Crippen LogP) is 4.42. The van der Waals surface area contributed by atoms with Gasteiger partial charge in [-0.15, -0.1) is 0 Å². The fourth-order valence-electron chi connectivity index (χ4n) is 3.79. The number of para-hydroxylation sites is 2. The second-order valence-electron chi connectivity index (χ2n) is 7.06. The predicted molar refractivity (Wildman–Crippen MR) is 98.4 cm³/mol. The van der Waals surface area contributed by atoms with Crippen molar-refractivity contribution in [1.82, 2.24) is 4.98 Å². The average Bonchev–Trinajstić information content (AvgIpc) is 3.05. The summed E-state index contributed by atoms with van der Waals surface area (Å²) in [4.78, 5) is 18.7. The van der Waals surface area contributed by atoms with Gasteiger partial charge in [0.2, 0.25) is 5.91 Å². The second-order valence-corrected chi connectivity index (χ2v) is 7.06. The molecule has 0 radical (unpaired) electrons. The van der Waals surface area contributed by atoms with Gasteiger partial charge in [-0.05, 0) is 49.9 Å². The molecule has 3 heteroatoms. The molecular weight excluding hydrogens is 296 g/mol. The highest BCUT2D eigenvalue weighted by Gasteiger charge is 2.37. The highest BCUT2D eigenvalue weighted by molar-refractivity contribution is 6.04. The minimum absolute atomic E-state index is 0.166. The molecule has 0 atom stereocenters. The SMILES string of the molecule is CC(C)(C(=O)N1CCCc2ccccc21)c1c[nH]c2ccccc12. The number of hydrogen-bond acceptors (Lipinski definition) is 1. The van der Waals surface area contributed by atoms with Crippen LogP contribution in [0.4, 0.5) is 5.69 Å². The minimum Gasteiger partial charge on any atom is -0.361 e. The van der Waals surface area contributed by atoms with Crippen molar-refractivity contribution < 1.29 is 4.79 Å². The number of fused-ring (bicyclic) bond motifs is 2. The number of amides is 1. The number of aryl methyl sites for hydroxylation is 1. The van der Waals surface area contributed by atoms with Gasteiger partial charge in [0.15, 0.2) is 0 Å². The summed E-state index contributed by atoms with van der Waals surface area (Å²) in [5.74, 6) is 0.166. The summed E-state index contributed by atoms with van der Waals surface area (Å²) < 4.78 is 0. The van der Waals surface area contributed by atoms with Crippen molar-refractivity contribution in [3.63, 3.8) is 0 Å². The Hall–Kier alpha value is -2.55. The second kappa shape index (κ2) is 5.52. The molecule has 24 heavy (non-hydrogen) atoms. The summed E-state index contributed by atoms with van der Waals surface area (Å²) in [6, 6.07) is 16.4. The zero-order chi connectivity index (χ0) is 16.7. The third-order valence-corrected chi connectivity index (χ3v) is 5.15. The van der Waals surface area contributed by atoms with Crippen LogP contribution < -0.4 is 4.90 Å². The highest BCUT2D eigenvalue weighted by atomic mass is 16.2. The Morgan fingerprint density at radius 3 is 2.71 bits per heavy atom. The van der Waals surface area contributed by atoms with Gasteiger partial charge < -0.3 is 9.88 Å². The molecule has 1 aromatic heterocycles. The van der Waals surface area contributed by atoms with E-state index < -0.39 is 5.41 Å². The Morgan fingerprint density at radius 2 is 1.83 bits per heavy atom. The lowest BCUT2D eigenvalue weighted by Crippen LogP contribution is -2.45. The zero-order valence-corrected chi connectivity index (χ0v) is 14.2. The molecule has 0 saturated heterocycles. The maximum Gasteiger partial charge on any atom is 0.237 e. The summed E-state index contributed by atoms with van der Waals surface area (Å²) in [7, 11) is 0. The van der Waals surface area contributed by atoms with Gasteiger partial charge in [0.25, 0.3) is 0 Å². The van der Waals surface area contributed by atoms with E-state index in [4.69, 9.17) is 0 Å². The van der Waals surface area contributed by atoms with E-state index in [1.165, 1.54) is 5.56 Å². The summed E-state index contributed by atoms with van der Waals surface area (Å²) in [5, 5.41) is 1.13. The largest absolute Gasteiger partial charge is 0.361 e. The number of benzene rings is 2. The highest BCUT2D eigenvalue weighted by Crippen LogP contribution is 2.35. The van der Waals surface area contributed by atoms with Crippen molar-refractivity contribution in [2.45, 2.75) is 32.1 Å². The molecule has 3 nitrogen and oxygen atoms in total. The first-order chi connectivity index (χ1) is 11.6. The lowest BCUT2D eigenvalue weighted by atomic mass is 9.82. The maximum absolute atomic E-state index is 13.4. The molecule has 2 heterocycles. The quantitative estimate of drug-likeness (QED) is 0.746. The van der Waals surface area contributed by atoms with E-state index in [0.29, 0.717) is 0 Å². The first kappa shape index (κ1) is 15.0. The van der Waals surface area contributed by atoms with Crippen LogP contribution in [0.1, 0.15) is 31.4 Å². The van der Waals surface area contributed by atoms with Crippen LogP contribution in [0, 0.1) is 0 Å². The number of rotatable bonds is 2. The molecule has 122 valence electrons. The number of nitrogens with zero attached hydrogens (tertiary/aromatic N) is 1. The van der Waals surface area contributed by atoms with Crippen LogP contribution in [0.3, 0.4) is 0 Å². The lowest BCUT2D eigenvalue weighted by molar-refractivity contribution is -0.123. The van der Waals surface area contributed by atoms with Gasteiger partial charge in [0, 0.05) is 29.3 Å². The third-order valence-electron chi connectivity index (χ3n) is 5.15. The van der Waals surface area contributed by atoms with Crippen LogP contribution in [-0.4, -0.2) is 17.4 Å². The smallest absolute Gasteiger partial charge is 0.237 e. The van der Waals surface area contributed by atoms with E-state index in [1.807, 2.05) is 43.1 Å². The van der Waals surface area contributed by atoms with Crippen molar-refractivity contribution >= 4 is 22.5 Å². The van der Waals surface area contributed by atoms with Gasteiger partial charge >= 0.3 is 0 Å². The Morgan fingerprint density at radius 1 is 1.08 bits per heavy atom. The fourth-order valence-corrected chi connectivity index (χ4v) is 3.79. The Bertz CT molecular complexity index is 907. The normalized spacial score (nSPS) is 14.7. The van der Waals surface area contributed by atoms with Gasteiger partial charge in [-0.25, -0.2) is 0 Å². The van der Waals surface area contributed by atoms with Crippen molar-refractivity contribution in [2.24, 2.45) is 0 Å². The molecule has 1 aliphatic rings. The van der Waals surface area contributed by atoms with Crippen molar-refractivity contribution in [3.05, 3.63) is 65.9 Å². The van der Waals surface area contributed by atoms with Gasteiger partial charge in [-0.2, -0.15) is 0 Å². The molecule has 0 spiro atoms. The van der Waals surface area contributed by atoms with E-state index >= 15 is 0 Å². The van der Waals surface area contributed by atoms with E-state index in [-0.39, 0.29) is 5.91 Å². The molecule has 0 fully saturated rings. The fraction of sp³-hybridized carbons (Fsp3) is 0.286. The molecule has 0 aliphatic carbocycles. The first-order valence-corrected chi connectivity index (χ1v) is 8.55. The van der Waals surface area contributed by atoms with Gasteiger partial charge in [-0.1, -0.05) is 36.4 Å². The molecule has 3 aromatic rings. The third kappa shape index (κ3) is 2.23. The summed E-state index contributed by atoms with van der Waals surface area (Å²) in [5.41, 5.74) is 3.90. The number of aromatic amines is 1. The number of anilines is 1. The van der Waals surface area contributed by atoms with Gasteiger partial charge in [0.05, 0.1) is 5.41 Å². The molecule has 1 aliphatic heterocycles. The minimum atomic E-state index is -0.579. The topological polar surface area (TPSA) is 36.1 Å². The summed E-state index contributed by atoms with van der Waals surface area (Å²) in [6.07, 6.45) is 4.05. The van der Waals surface area contributed by atoms with E-state index in [9.17, 15) is 4.79 Å². The van der Waals surface area contributed by atoms with Gasteiger partial charge in [0.1, 0.15) is 0 Å². The zero-order valence-electron chi connectivity index (χ0n) is 14.2. The average molecular weight is 318 g/mol. The van der Waals surface area contributed by atoms with Gasteiger partial charge in [-0.3, -0.25) is 4.79 Å². The van der Waals surface area contributed by atoms with Crippen molar-refractivity contribution in [1.29, 1.82) is 0 Å². The van der Waals surface area contributed by atoms with Crippen LogP contribution in [0.25, 0.3) is 10.9 Å². The lowest BCUT2D eigenvalue weighted by Gasteiger charge is -2.35. The van der Waals surface area contributed by atoms with E-state index in [0.717, 1.165) is 41.5 Å². The van der Waals surface area contributed by atoms with Crippen LogP contribution in [-0.2, 0) is 16.6 Å². The van der Waals surface area contributed by atoms with Crippen LogP contribution in [0.15, 0.2) is 54.7 Å². The number of hydrogen-bond donors (Lipinski definition) is 1. The van der Waals surface area contributed by atoms with Crippen LogP contribution in [0.5, 0.6) is 0 Å². The monoisotopic (exact) mass is 318 g/mol. The van der Waals surface area contributed by atoms with Crippen LogP contribution >= 0.6 is 0 Å². The summed E-state index contributed by atoms with van der Waals surface area (Å²) >= 11 is 0. The standard InChI is InChI=1S/C21H22N2O/c1-21(2,17-14-22-18-11-5-4-10-16(17)18)20(24)23-13-7-9-15-8-3-6-12-19(15)23/h3-6,8,10-12,14,22H,7,9,13H2,1-2H3. The van der Waals surface area contributed by atoms with Crippen molar-refractivity contribution in [2.75, 3.05) is 11.4 Å². The molecule has 0 bridgehead atoms. The summed E-state index contributed by atoms with van der Waals surface area (Å²) in [6.45, 7) is 4.85. The number of nitrogens with one attached hydrogen (secondary N) is 1. The number of aromatic nitrogens is 1. The Balaban J connectivity index is 1.76. The molecule has 4 rings (SSSR count). The van der Waals surface area contributed by atoms with E-state index in [1.54, 1.807) is 0 Å². The Kier molecular flexibility index (Phi) is 3.45. The van der Waals surface area contributed by atoms with E-state index in [2.05, 4.69) is 35.3 Å². The number of carbonyl (C=O) groups excluding carboxylic acids is 1. The molecule has 1 N–H and O–H groups in total. The molecule has 1 amide bonds. The van der Waals surface area contributed by atoms with Crippen LogP contribution in [0.2, 0.25) is 0 Å². The molecular formula is C21H22N2O. The number of H-pyrrole nitrogens is 1. The van der Waals surface area contributed by atoms with Crippen molar-refractivity contribution in [3.8, 4) is 0 Å². The number of carbonyl (C=O) groups is 1. The Labute approximate surface area is 142 Å². The first-order valence-electron chi connectivity index (χ1n) is 8.55. The maximum atomic E-state index is 13.4. The molecule has 0 unspecified atom stereocenters. The molecule has 2 aromatic carbocycles.